The first-order valence-electron chi connectivity index (χ1n) is 5.97. The molecule has 0 aliphatic carbocycles. The highest BCUT2D eigenvalue weighted by atomic mass is 16.2. The molecule has 0 fully saturated rings. The van der Waals surface area contributed by atoms with Gasteiger partial charge in [0.1, 0.15) is 5.82 Å². The van der Waals surface area contributed by atoms with Crippen molar-refractivity contribution in [3.05, 3.63) is 23.4 Å². The molecule has 1 rings (SSSR count). The summed E-state index contributed by atoms with van der Waals surface area (Å²) in [6.07, 6.45) is 2.08. The van der Waals surface area contributed by atoms with Crippen LogP contribution in [-0.4, -0.2) is 29.4 Å². The monoisotopic (exact) mass is 246 g/mol. The van der Waals surface area contributed by atoms with E-state index in [0.29, 0.717) is 24.3 Å². The van der Waals surface area contributed by atoms with Gasteiger partial charge in [0.15, 0.2) is 0 Å². The first-order chi connectivity index (χ1) is 8.58. The number of rotatable bonds is 5. The van der Waals surface area contributed by atoms with Crippen molar-refractivity contribution in [1.82, 2.24) is 9.88 Å². The summed E-state index contributed by atoms with van der Waals surface area (Å²) in [5.74, 6) is 0.231. The molecule has 0 unspecified atom stereocenters. The number of carbonyl (C=O) groups is 1. The van der Waals surface area contributed by atoms with Crippen LogP contribution in [0.3, 0.4) is 0 Å². The summed E-state index contributed by atoms with van der Waals surface area (Å²) in [6, 6.07) is 5.36. The van der Waals surface area contributed by atoms with Gasteiger partial charge in [-0.15, -0.1) is 0 Å². The fourth-order valence-electron chi connectivity index (χ4n) is 1.66. The van der Waals surface area contributed by atoms with Crippen molar-refractivity contribution < 1.29 is 4.79 Å². The summed E-state index contributed by atoms with van der Waals surface area (Å²) in [5, 5.41) is 8.51. The van der Waals surface area contributed by atoms with Crippen LogP contribution in [0, 0.1) is 11.3 Å². The van der Waals surface area contributed by atoms with Gasteiger partial charge in [-0.1, -0.05) is 13.3 Å². The number of aromatic nitrogens is 1. The number of nitrogens with two attached hydrogens (primary N) is 1. The zero-order valence-corrected chi connectivity index (χ0v) is 10.8. The highest BCUT2D eigenvalue weighted by molar-refractivity contribution is 5.94. The number of hydrogen-bond acceptors (Lipinski definition) is 4. The van der Waals surface area contributed by atoms with Crippen LogP contribution in [0.4, 0.5) is 5.82 Å². The summed E-state index contributed by atoms with van der Waals surface area (Å²) >= 11 is 0. The Morgan fingerprint density at radius 2 is 2.28 bits per heavy atom. The Hall–Kier alpha value is -2.09. The van der Waals surface area contributed by atoms with E-state index in [2.05, 4.69) is 4.98 Å². The molecule has 5 nitrogen and oxygen atoms in total. The van der Waals surface area contributed by atoms with Gasteiger partial charge in [-0.25, -0.2) is 4.98 Å². The lowest BCUT2D eigenvalue weighted by atomic mass is 10.1. The van der Waals surface area contributed by atoms with Gasteiger partial charge in [0, 0.05) is 24.8 Å². The standard InChI is InChI=1S/C13H18N4O/c1-3-5-11-8-10(9-12(15)16-11)13(18)17(2)7-4-6-14/h8-9H,3-5,7H2,1-2H3,(H2,15,16). The van der Waals surface area contributed by atoms with E-state index in [4.69, 9.17) is 11.0 Å². The maximum Gasteiger partial charge on any atom is 0.253 e. The molecule has 1 amide bonds. The number of carbonyl (C=O) groups excluding carboxylic acids is 1. The molecule has 5 heteroatoms. The molecule has 0 aromatic carbocycles. The molecule has 2 N–H and O–H groups in total. The third-order valence-corrected chi connectivity index (χ3v) is 2.56. The van der Waals surface area contributed by atoms with Gasteiger partial charge in [-0.3, -0.25) is 4.79 Å². The minimum absolute atomic E-state index is 0.128. The molecule has 1 aromatic heterocycles. The molecule has 0 aliphatic rings. The van der Waals surface area contributed by atoms with Gasteiger partial charge in [-0.2, -0.15) is 5.26 Å². The van der Waals surface area contributed by atoms with Gasteiger partial charge in [-0.05, 0) is 18.6 Å². The van der Waals surface area contributed by atoms with E-state index < -0.39 is 0 Å². The average molecular weight is 246 g/mol. The molecule has 0 atom stereocenters. The summed E-state index contributed by atoms with van der Waals surface area (Å²) in [6.45, 7) is 2.46. The molecule has 0 spiro atoms. The lowest BCUT2D eigenvalue weighted by Gasteiger charge is -2.16. The van der Waals surface area contributed by atoms with E-state index >= 15 is 0 Å². The van der Waals surface area contributed by atoms with E-state index in [0.717, 1.165) is 18.5 Å². The molecule has 1 aromatic rings. The highest BCUT2D eigenvalue weighted by Gasteiger charge is 2.13. The molecule has 0 saturated heterocycles. The average Bonchev–Trinajstić information content (AvgIpc) is 2.34. The minimum atomic E-state index is -0.128. The smallest absolute Gasteiger partial charge is 0.253 e. The highest BCUT2D eigenvalue weighted by Crippen LogP contribution is 2.11. The Bertz CT molecular complexity index is 465. The first kappa shape index (κ1) is 14.0. The maximum atomic E-state index is 12.1. The Kier molecular flexibility index (Phi) is 5.12. The lowest BCUT2D eigenvalue weighted by Crippen LogP contribution is -2.27. The van der Waals surface area contributed by atoms with Crippen molar-refractivity contribution in [2.45, 2.75) is 26.2 Å². The minimum Gasteiger partial charge on any atom is -0.384 e. The normalized spacial score (nSPS) is 9.83. The van der Waals surface area contributed by atoms with Crippen molar-refractivity contribution >= 4 is 11.7 Å². The third-order valence-electron chi connectivity index (χ3n) is 2.56. The van der Waals surface area contributed by atoms with Crippen molar-refractivity contribution in [3.63, 3.8) is 0 Å². The molecule has 0 aliphatic heterocycles. The second-order valence-electron chi connectivity index (χ2n) is 4.16. The SMILES string of the molecule is CCCc1cc(C(=O)N(C)CCC#N)cc(N)n1. The van der Waals surface area contributed by atoms with Gasteiger partial charge in [0.25, 0.3) is 5.91 Å². The number of amides is 1. The van der Waals surface area contributed by atoms with Gasteiger partial charge in [0.05, 0.1) is 12.5 Å². The zero-order chi connectivity index (χ0) is 13.5. The number of anilines is 1. The number of nitrogens with zero attached hydrogens (tertiary/aromatic N) is 3. The van der Waals surface area contributed by atoms with Crippen LogP contribution in [0.5, 0.6) is 0 Å². The Balaban J connectivity index is 2.88. The number of nitriles is 1. The molecular weight excluding hydrogens is 228 g/mol. The van der Waals surface area contributed by atoms with Crippen LogP contribution in [0.15, 0.2) is 12.1 Å². The number of aryl methyl sites for hydroxylation is 1. The van der Waals surface area contributed by atoms with E-state index in [1.807, 2.05) is 13.0 Å². The Morgan fingerprint density at radius 1 is 1.56 bits per heavy atom. The predicted molar refractivity (Wildman–Crippen MR) is 69.8 cm³/mol. The van der Waals surface area contributed by atoms with E-state index in [1.165, 1.54) is 4.90 Å². The molecule has 0 radical (unpaired) electrons. The molecule has 18 heavy (non-hydrogen) atoms. The number of pyridine rings is 1. The molecule has 1 heterocycles. The summed E-state index contributed by atoms with van der Waals surface area (Å²) in [4.78, 5) is 17.8. The molecule has 0 bridgehead atoms. The van der Waals surface area contributed by atoms with Crippen molar-refractivity contribution in [2.75, 3.05) is 19.3 Å². The van der Waals surface area contributed by atoms with Gasteiger partial charge < -0.3 is 10.6 Å². The van der Waals surface area contributed by atoms with E-state index in [9.17, 15) is 4.79 Å². The van der Waals surface area contributed by atoms with Crippen LogP contribution in [0.2, 0.25) is 0 Å². The van der Waals surface area contributed by atoms with Crippen molar-refractivity contribution in [3.8, 4) is 6.07 Å². The Labute approximate surface area is 107 Å². The second kappa shape index (κ2) is 6.60. The van der Waals surface area contributed by atoms with Crippen LogP contribution in [0.1, 0.15) is 35.8 Å². The topological polar surface area (TPSA) is 83.0 Å². The second-order valence-corrected chi connectivity index (χ2v) is 4.16. The van der Waals surface area contributed by atoms with Crippen molar-refractivity contribution in [1.29, 1.82) is 5.26 Å². The van der Waals surface area contributed by atoms with Gasteiger partial charge >= 0.3 is 0 Å². The Morgan fingerprint density at radius 3 is 2.89 bits per heavy atom. The van der Waals surface area contributed by atoms with Crippen molar-refractivity contribution in [2.24, 2.45) is 0 Å². The molecule has 96 valence electrons. The lowest BCUT2D eigenvalue weighted by molar-refractivity contribution is 0.0798. The molecular formula is C13H18N4O. The maximum absolute atomic E-state index is 12.1. The van der Waals surface area contributed by atoms with Crippen LogP contribution in [0.25, 0.3) is 0 Å². The molecule has 0 saturated carbocycles. The number of nitrogen functional groups attached to an aromatic ring is 1. The fraction of sp³-hybridized carbons (Fsp3) is 0.462. The zero-order valence-electron chi connectivity index (χ0n) is 10.8. The summed E-state index contributed by atoms with van der Waals surface area (Å²) < 4.78 is 0. The summed E-state index contributed by atoms with van der Waals surface area (Å²) in [5.41, 5.74) is 7.06. The number of hydrogen-bond donors (Lipinski definition) is 1. The predicted octanol–water partition coefficient (Wildman–Crippen LogP) is 1.60. The van der Waals surface area contributed by atoms with Crippen LogP contribution < -0.4 is 5.73 Å². The quantitative estimate of drug-likeness (QED) is 0.855. The van der Waals surface area contributed by atoms with E-state index in [-0.39, 0.29) is 5.91 Å². The fourth-order valence-corrected chi connectivity index (χ4v) is 1.66. The van der Waals surface area contributed by atoms with Crippen LogP contribution in [-0.2, 0) is 6.42 Å². The summed E-state index contributed by atoms with van der Waals surface area (Å²) in [7, 11) is 1.68. The van der Waals surface area contributed by atoms with Crippen LogP contribution >= 0.6 is 0 Å². The first-order valence-corrected chi connectivity index (χ1v) is 5.97. The largest absolute Gasteiger partial charge is 0.384 e. The third kappa shape index (κ3) is 3.74. The van der Waals surface area contributed by atoms with Gasteiger partial charge in [0.2, 0.25) is 0 Å². The van der Waals surface area contributed by atoms with E-state index in [1.54, 1.807) is 19.2 Å².